The highest BCUT2D eigenvalue weighted by atomic mass is 32.1. The van der Waals surface area contributed by atoms with Crippen molar-refractivity contribution < 1.29 is 23.8 Å². The van der Waals surface area contributed by atoms with Gasteiger partial charge in [0.15, 0.2) is 12.1 Å². The summed E-state index contributed by atoms with van der Waals surface area (Å²) < 4.78 is 17.3. The summed E-state index contributed by atoms with van der Waals surface area (Å²) in [5, 5.41) is 1.83. The summed E-state index contributed by atoms with van der Waals surface area (Å²) in [5.41, 5.74) is 2.61. The third kappa shape index (κ3) is 5.03. The van der Waals surface area contributed by atoms with Crippen LogP contribution in [0.25, 0.3) is 0 Å². The van der Waals surface area contributed by atoms with E-state index in [2.05, 4.69) is 6.58 Å². The van der Waals surface area contributed by atoms with Crippen molar-refractivity contribution in [2.24, 2.45) is 5.92 Å². The van der Waals surface area contributed by atoms with Crippen LogP contribution in [0, 0.1) is 5.92 Å². The summed E-state index contributed by atoms with van der Waals surface area (Å²) >= 11 is 1.34. The smallest absolute Gasteiger partial charge is 0.348 e. The fourth-order valence-electron chi connectivity index (χ4n) is 3.11. The number of esters is 1. The number of hydrogen-bond acceptors (Lipinski definition) is 6. The molecule has 1 aliphatic heterocycles. The molecule has 0 saturated heterocycles. The molecule has 3 atom stereocenters. The van der Waals surface area contributed by atoms with Gasteiger partial charge in [0.25, 0.3) is 0 Å². The van der Waals surface area contributed by atoms with Crippen molar-refractivity contribution in [2.75, 3.05) is 13.2 Å². The Kier molecular flexibility index (Phi) is 6.42. The van der Waals surface area contributed by atoms with E-state index in [0.29, 0.717) is 23.5 Å². The number of Topliss-reactive ketones (excluding diaryl/α,β-unsaturated/α-hetero) is 1. The summed E-state index contributed by atoms with van der Waals surface area (Å²) in [6, 6.07) is 3.54. The molecular formula is C21H24O5S. The Bertz CT molecular complexity index is 775. The van der Waals surface area contributed by atoms with E-state index in [1.54, 1.807) is 13.0 Å². The third-order valence-corrected chi connectivity index (χ3v) is 5.53. The Balaban J connectivity index is 1.71. The number of ketones is 1. The van der Waals surface area contributed by atoms with Crippen LogP contribution in [0.2, 0.25) is 0 Å². The summed E-state index contributed by atoms with van der Waals surface area (Å²) in [7, 11) is 0. The predicted molar refractivity (Wildman–Crippen MR) is 104 cm³/mol. The number of thiophene rings is 1. The minimum atomic E-state index is -0.529. The van der Waals surface area contributed by atoms with E-state index in [4.69, 9.17) is 14.2 Å². The number of hydrogen-bond donors (Lipinski definition) is 0. The molecule has 0 amide bonds. The number of ether oxygens (including phenoxy) is 3. The largest absolute Gasteiger partial charge is 0.457 e. The lowest BCUT2D eigenvalue weighted by atomic mass is 9.80. The van der Waals surface area contributed by atoms with E-state index in [1.165, 1.54) is 11.3 Å². The van der Waals surface area contributed by atoms with Gasteiger partial charge < -0.3 is 14.2 Å². The first-order chi connectivity index (χ1) is 12.9. The van der Waals surface area contributed by atoms with Gasteiger partial charge in [0.05, 0.1) is 12.7 Å². The monoisotopic (exact) mass is 388 g/mol. The summed E-state index contributed by atoms with van der Waals surface area (Å²) in [5.74, 6) is -0.391. The van der Waals surface area contributed by atoms with Crippen LogP contribution < -0.4 is 0 Å². The van der Waals surface area contributed by atoms with Gasteiger partial charge in [-0.05, 0) is 55.0 Å². The molecule has 144 valence electrons. The van der Waals surface area contributed by atoms with Gasteiger partial charge >= 0.3 is 5.97 Å². The highest BCUT2D eigenvalue weighted by molar-refractivity contribution is 7.11. The minimum absolute atomic E-state index is 0.0944. The first-order valence-electron chi connectivity index (χ1n) is 8.98. The molecule has 0 bridgehead atoms. The van der Waals surface area contributed by atoms with Crippen LogP contribution >= 0.6 is 11.3 Å². The molecule has 1 aliphatic carbocycles. The number of carbonyl (C=O) groups is 2. The van der Waals surface area contributed by atoms with Crippen molar-refractivity contribution in [3.63, 3.8) is 0 Å². The molecule has 0 spiro atoms. The van der Waals surface area contributed by atoms with Crippen LogP contribution in [-0.4, -0.2) is 37.4 Å². The average molecular weight is 388 g/mol. The van der Waals surface area contributed by atoms with E-state index < -0.39 is 6.29 Å². The standard InChI is InChI=1S/C21H24O5S/c1-13(2)6-7-24-20-10-15(12-25-21(23)19-5-4-8-27-19)16-11-17(22)14(3)9-18(16)26-20/h4-5,8-10,16,18,20H,1,6-7,11-12H2,2-3H3. The normalized spacial score (nSPS) is 24.7. The van der Waals surface area contributed by atoms with Gasteiger partial charge in [-0.15, -0.1) is 17.9 Å². The number of carbonyl (C=O) groups excluding carboxylic acids is 2. The van der Waals surface area contributed by atoms with Crippen LogP contribution in [0.5, 0.6) is 0 Å². The molecule has 0 aromatic carbocycles. The lowest BCUT2D eigenvalue weighted by Crippen LogP contribution is -2.40. The molecule has 3 unspecified atom stereocenters. The SMILES string of the molecule is C=C(C)CCOC1C=C(COC(=O)c2cccs2)C2CC(=O)C(C)=CC2O1. The first kappa shape index (κ1) is 19.7. The van der Waals surface area contributed by atoms with Crippen molar-refractivity contribution in [1.82, 2.24) is 0 Å². The molecule has 0 fully saturated rings. The van der Waals surface area contributed by atoms with Crippen molar-refractivity contribution >= 4 is 23.1 Å². The Hall–Kier alpha value is -2.02. The molecule has 1 aromatic heterocycles. The van der Waals surface area contributed by atoms with Crippen LogP contribution in [-0.2, 0) is 19.0 Å². The summed E-state index contributed by atoms with van der Waals surface area (Å²) in [6.45, 7) is 8.24. The number of allylic oxidation sites excluding steroid dienone is 1. The van der Waals surface area contributed by atoms with E-state index in [0.717, 1.165) is 17.6 Å². The van der Waals surface area contributed by atoms with Crippen molar-refractivity contribution in [3.8, 4) is 0 Å². The molecule has 0 radical (unpaired) electrons. The lowest BCUT2D eigenvalue weighted by molar-refractivity contribution is -0.153. The van der Waals surface area contributed by atoms with Crippen LogP contribution in [0.15, 0.2) is 53.0 Å². The van der Waals surface area contributed by atoms with Gasteiger partial charge in [-0.25, -0.2) is 4.79 Å². The zero-order valence-electron chi connectivity index (χ0n) is 15.6. The number of fused-ring (bicyclic) bond motifs is 1. The van der Waals surface area contributed by atoms with Crippen molar-refractivity contribution in [1.29, 1.82) is 0 Å². The Morgan fingerprint density at radius 1 is 1.41 bits per heavy atom. The minimum Gasteiger partial charge on any atom is -0.457 e. The van der Waals surface area contributed by atoms with E-state index in [-0.39, 0.29) is 30.4 Å². The molecule has 5 nitrogen and oxygen atoms in total. The quantitative estimate of drug-likeness (QED) is 0.520. The highest BCUT2D eigenvalue weighted by Gasteiger charge is 2.37. The predicted octanol–water partition coefficient (Wildman–Crippen LogP) is 4.07. The van der Waals surface area contributed by atoms with Crippen LogP contribution in [0.1, 0.15) is 36.4 Å². The fraction of sp³-hybridized carbons (Fsp3) is 0.429. The highest BCUT2D eigenvalue weighted by Crippen LogP contribution is 2.35. The van der Waals surface area contributed by atoms with Crippen LogP contribution in [0.3, 0.4) is 0 Å². The van der Waals surface area contributed by atoms with Crippen LogP contribution in [0.4, 0.5) is 0 Å². The Morgan fingerprint density at radius 3 is 2.93 bits per heavy atom. The zero-order chi connectivity index (χ0) is 19.4. The van der Waals surface area contributed by atoms with Gasteiger partial charge in [0, 0.05) is 12.3 Å². The van der Waals surface area contributed by atoms with Crippen molar-refractivity contribution in [3.05, 3.63) is 57.8 Å². The Morgan fingerprint density at radius 2 is 2.22 bits per heavy atom. The van der Waals surface area contributed by atoms with Crippen molar-refractivity contribution in [2.45, 2.75) is 39.1 Å². The Labute approximate surface area is 163 Å². The topological polar surface area (TPSA) is 61.8 Å². The maximum atomic E-state index is 12.2. The van der Waals surface area contributed by atoms with E-state index in [9.17, 15) is 9.59 Å². The summed E-state index contributed by atoms with van der Waals surface area (Å²) in [6.07, 6.45) is 4.00. The second-order valence-electron chi connectivity index (χ2n) is 6.93. The fourth-order valence-corrected chi connectivity index (χ4v) is 3.72. The molecule has 27 heavy (non-hydrogen) atoms. The molecule has 2 aliphatic rings. The van der Waals surface area contributed by atoms with E-state index >= 15 is 0 Å². The van der Waals surface area contributed by atoms with Gasteiger partial charge in [-0.3, -0.25) is 4.79 Å². The second-order valence-corrected chi connectivity index (χ2v) is 7.87. The van der Waals surface area contributed by atoms with E-state index in [1.807, 2.05) is 30.5 Å². The molecular weight excluding hydrogens is 364 g/mol. The molecule has 1 aromatic rings. The van der Waals surface area contributed by atoms with Gasteiger partial charge in [-0.2, -0.15) is 0 Å². The maximum Gasteiger partial charge on any atom is 0.348 e. The van der Waals surface area contributed by atoms with Gasteiger partial charge in [0.1, 0.15) is 11.5 Å². The van der Waals surface area contributed by atoms with Gasteiger partial charge in [0.2, 0.25) is 0 Å². The maximum absolute atomic E-state index is 12.2. The first-order valence-corrected chi connectivity index (χ1v) is 9.86. The molecule has 0 N–H and O–H groups in total. The third-order valence-electron chi connectivity index (χ3n) is 4.68. The summed E-state index contributed by atoms with van der Waals surface area (Å²) in [4.78, 5) is 24.9. The molecule has 6 heteroatoms. The molecule has 2 heterocycles. The lowest BCUT2D eigenvalue weighted by Gasteiger charge is -2.37. The second kappa shape index (κ2) is 8.78. The number of rotatable bonds is 7. The average Bonchev–Trinajstić information content (AvgIpc) is 3.15. The molecule has 0 saturated carbocycles. The zero-order valence-corrected chi connectivity index (χ0v) is 16.4. The molecule has 3 rings (SSSR count). The van der Waals surface area contributed by atoms with Gasteiger partial charge in [-0.1, -0.05) is 11.6 Å².